The molecule has 1 aromatic carbocycles. The number of methoxy groups -OCH3 is 1. The van der Waals surface area contributed by atoms with Crippen molar-refractivity contribution < 1.29 is 14.6 Å². The summed E-state index contributed by atoms with van der Waals surface area (Å²) in [4.78, 5) is 15.9. The van der Waals surface area contributed by atoms with Gasteiger partial charge < -0.3 is 20.5 Å². The van der Waals surface area contributed by atoms with Gasteiger partial charge in [-0.05, 0) is 24.6 Å². The maximum atomic E-state index is 11.7. The van der Waals surface area contributed by atoms with Crippen LogP contribution in [0.2, 0.25) is 0 Å². The predicted octanol–water partition coefficient (Wildman–Crippen LogP) is 1.99. The number of aryl methyl sites for hydroxylation is 1. The molecule has 0 radical (unpaired) electrons. The van der Waals surface area contributed by atoms with Gasteiger partial charge in [0.2, 0.25) is 0 Å². The highest BCUT2D eigenvalue weighted by atomic mass is 32.1. The minimum absolute atomic E-state index is 0.133. The minimum Gasteiger partial charge on any atom is -0.497 e. The lowest BCUT2D eigenvalue weighted by molar-refractivity contribution is 0.173. The number of benzene rings is 1. The minimum atomic E-state index is -0.766. The van der Waals surface area contributed by atoms with Gasteiger partial charge in [-0.15, -0.1) is 11.3 Å². The molecule has 2 amide bonds. The van der Waals surface area contributed by atoms with Gasteiger partial charge in [-0.3, -0.25) is 0 Å². The molecule has 7 heteroatoms. The van der Waals surface area contributed by atoms with Crippen LogP contribution >= 0.6 is 11.3 Å². The van der Waals surface area contributed by atoms with Gasteiger partial charge in [-0.25, -0.2) is 9.78 Å². The zero-order chi connectivity index (χ0) is 15.9. The first-order valence-corrected chi connectivity index (χ1v) is 7.71. The Labute approximate surface area is 133 Å². The fraction of sp³-hybridized carbons (Fsp3) is 0.333. The number of carbonyl (C=O) groups is 1. The van der Waals surface area contributed by atoms with E-state index in [-0.39, 0.29) is 12.6 Å². The van der Waals surface area contributed by atoms with Crippen LogP contribution in [0.1, 0.15) is 22.4 Å². The third kappa shape index (κ3) is 4.71. The highest BCUT2D eigenvalue weighted by Gasteiger charge is 2.10. The Morgan fingerprint density at radius 1 is 1.36 bits per heavy atom. The summed E-state index contributed by atoms with van der Waals surface area (Å²) in [5.74, 6) is 0.722. The first kappa shape index (κ1) is 16.3. The molecule has 3 N–H and O–H groups in total. The molecule has 0 saturated heterocycles. The first-order valence-electron chi connectivity index (χ1n) is 6.83. The third-order valence-electron chi connectivity index (χ3n) is 3.05. The lowest BCUT2D eigenvalue weighted by Gasteiger charge is -2.13. The SMILES string of the molecule is COc1ccc([C@@H](O)CNC(=O)NCc2csc(C)n2)cc1. The summed E-state index contributed by atoms with van der Waals surface area (Å²) in [5, 5.41) is 18.2. The summed E-state index contributed by atoms with van der Waals surface area (Å²) < 4.78 is 5.06. The number of aromatic nitrogens is 1. The molecule has 2 rings (SSSR count). The molecule has 0 aliphatic rings. The number of thiazole rings is 1. The van der Waals surface area contributed by atoms with E-state index in [1.54, 1.807) is 42.7 Å². The van der Waals surface area contributed by atoms with E-state index in [1.165, 1.54) is 0 Å². The molecule has 6 nitrogen and oxygen atoms in total. The number of hydrogen-bond donors (Lipinski definition) is 3. The second-order valence-corrected chi connectivity index (χ2v) is 5.77. The van der Waals surface area contributed by atoms with Crippen molar-refractivity contribution in [1.29, 1.82) is 0 Å². The molecular formula is C15H19N3O3S. The molecule has 0 saturated carbocycles. The van der Waals surface area contributed by atoms with Crippen LogP contribution in [0.5, 0.6) is 5.75 Å². The summed E-state index contributed by atoms with van der Waals surface area (Å²) in [6.45, 7) is 2.42. The molecule has 0 aliphatic heterocycles. The Morgan fingerprint density at radius 3 is 2.68 bits per heavy atom. The van der Waals surface area contributed by atoms with E-state index in [0.29, 0.717) is 6.54 Å². The molecule has 0 unspecified atom stereocenters. The van der Waals surface area contributed by atoms with E-state index >= 15 is 0 Å². The summed E-state index contributed by atoms with van der Waals surface area (Å²) in [7, 11) is 1.58. The van der Waals surface area contributed by atoms with E-state index in [0.717, 1.165) is 22.0 Å². The van der Waals surface area contributed by atoms with Gasteiger partial charge in [-0.1, -0.05) is 12.1 Å². The van der Waals surface area contributed by atoms with E-state index in [4.69, 9.17) is 4.74 Å². The maximum absolute atomic E-state index is 11.7. The van der Waals surface area contributed by atoms with Gasteiger partial charge in [0, 0.05) is 11.9 Å². The second-order valence-electron chi connectivity index (χ2n) is 4.71. The van der Waals surface area contributed by atoms with Crippen LogP contribution in [0.3, 0.4) is 0 Å². The van der Waals surface area contributed by atoms with Gasteiger partial charge >= 0.3 is 6.03 Å². The van der Waals surface area contributed by atoms with Crippen LogP contribution in [-0.2, 0) is 6.54 Å². The van der Waals surface area contributed by atoms with Crippen molar-refractivity contribution in [1.82, 2.24) is 15.6 Å². The molecule has 2 aromatic rings. The number of aliphatic hydroxyl groups excluding tert-OH is 1. The van der Waals surface area contributed by atoms with Crippen molar-refractivity contribution in [3.8, 4) is 5.75 Å². The van der Waals surface area contributed by atoms with E-state index in [1.807, 2.05) is 12.3 Å². The van der Waals surface area contributed by atoms with Crippen LogP contribution in [0.15, 0.2) is 29.6 Å². The van der Waals surface area contributed by atoms with Crippen LogP contribution in [-0.4, -0.2) is 29.8 Å². The van der Waals surface area contributed by atoms with Crippen molar-refractivity contribution >= 4 is 17.4 Å². The van der Waals surface area contributed by atoms with Crippen LogP contribution < -0.4 is 15.4 Å². The van der Waals surface area contributed by atoms with Crippen LogP contribution in [0, 0.1) is 6.92 Å². The molecule has 0 bridgehead atoms. The number of nitrogens with one attached hydrogen (secondary N) is 2. The number of urea groups is 1. The average molecular weight is 321 g/mol. The molecule has 1 aromatic heterocycles. The van der Waals surface area contributed by atoms with E-state index in [2.05, 4.69) is 15.6 Å². The highest BCUT2D eigenvalue weighted by Crippen LogP contribution is 2.16. The van der Waals surface area contributed by atoms with Gasteiger partial charge in [0.05, 0.1) is 30.5 Å². The normalized spacial score (nSPS) is 11.8. The zero-order valence-corrected chi connectivity index (χ0v) is 13.3. The molecule has 118 valence electrons. The monoisotopic (exact) mass is 321 g/mol. The molecule has 1 heterocycles. The summed E-state index contributed by atoms with van der Waals surface area (Å²) in [6.07, 6.45) is -0.766. The number of hydrogen-bond acceptors (Lipinski definition) is 5. The topological polar surface area (TPSA) is 83.5 Å². The maximum Gasteiger partial charge on any atom is 0.315 e. The van der Waals surface area contributed by atoms with Gasteiger partial charge in [0.15, 0.2) is 0 Å². The number of amides is 2. The molecule has 22 heavy (non-hydrogen) atoms. The van der Waals surface area contributed by atoms with Crippen LogP contribution in [0.4, 0.5) is 4.79 Å². The number of rotatable bonds is 6. The van der Waals surface area contributed by atoms with Crippen molar-refractivity contribution in [3.63, 3.8) is 0 Å². The number of nitrogens with zero attached hydrogens (tertiary/aromatic N) is 1. The standard InChI is InChI=1S/C15H19N3O3S/c1-10-18-12(9-22-10)7-16-15(20)17-8-14(19)11-3-5-13(21-2)6-4-11/h3-6,9,14,19H,7-8H2,1-2H3,(H2,16,17,20)/t14-/m0/s1. The predicted molar refractivity (Wildman–Crippen MR) is 85.0 cm³/mol. The van der Waals surface area contributed by atoms with Crippen molar-refractivity contribution in [3.05, 3.63) is 45.9 Å². The lowest BCUT2D eigenvalue weighted by Crippen LogP contribution is -2.37. The highest BCUT2D eigenvalue weighted by molar-refractivity contribution is 7.09. The molecule has 1 atom stereocenters. The van der Waals surface area contributed by atoms with Crippen molar-refractivity contribution in [2.75, 3.05) is 13.7 Å². The zero-order valence-electron chi connectivity index (χ0n) is 12.5. The van der Waals surface area contributed by atoms with Crippen molar-refractivity contribution in [2.45, 2.75) is 19.6 Å². The quantitative estimate of drug-likeness (QED) is 0.760. The number of aliphatic hydroxyl groups is 1. The Bertz CT molecular complexity index is 613. The largest absolute Gasteiger partial charge is 0.497 e. The van der Waals surface area contributed by atoms with Gasteiger partial charge in [0.25, 0.3) is 0 Å². The fourth-order valence-corrected chi connectivity index (χ4v) is 2.47. The Hall–Kier alpha value is -2.12. The van der Waals surface area contributed by atoms with E-state index < -0.39 is 6.10 Å². The molecular weight excluding hydrogens is 302 g/mol. The first-order chi connectivity index (χ1) is 10.6. The smallest absolute Gasteiger partial charge is 0.315 e. The fourth-order valence-electron chi connectivity index (χ4n) is 1.86. The summed E-state index contributed by atoms with van der Waals surface area (Å²) >= 11 is 1.54. The molecule has 0 spiro atoms. The molecule has 0 fully saturated rings. The lowest BCUT2D eigenvalue weighted by atomic mass is 10.1. The average Bonchev–Trinajstić information content (AvgIpc) is 2.96. The summed E-state index contributed by atoms with van der Waals surface area (Å²) in [5.41, 5.74) is 1.55. The van der Waals surface area contributed by atoms with Crippen LogP contribution in [0.25, 0.3) is 0 Å². The van der Waals surface area contributed by atoms with Crippen molar-refractivity contribution in [2.24, 2.45) is 0 Å². The summed E-state index contributed by atoms with van der Waals surface area (Å²) in [6, 6.07) is 6.73. The third-order valence-corrected chi connectivity index (χ3v) is 3.88. The number of carbonyl (C=O) groups excluding carboxylic acids is 1. The molecule has 0 aliphatic carbocycles. The Morgan fingerprint density at radius 2 is 2.09 bits per heavy atom. The number of ether oxygens (including phenoxy) is 1. The second kappa shape index (κ2) is 7.77. The van der Waals surface area contributed by atoms with E-state index in [9.17, 15) is 9.90 Å². The Balaban J connectivity index is 1.74. The van der Waals surface area contributed by atoms with Gasteiger partial charge in [-0.2, -0.15) is 0 Å². The van der Waals surface area contributed by atoms with Gasteiger partial charge in [0.1, 0.15) is 5.75 Å². The Kier molecular flexibility index (Phi) is 5.74.